The Morgan fingerprint density at radius 1 is 1.30 bits per heavy atom. The molecule has 3 nitrogen and oxygen atoms in total. The standard InChI is InChI=1S/C7H8NO2/c1-8-7-5(9)3-2-4-6(7)10/h3-4,8-10H,1H3. The summed E-state index contributed by atoms with van der Waals surface area (Å²) < 4.78 is 0. The summed E-state index contributed by atoms with van der Waals surface area (Å²) in [5.74, 6) is 0.00463. The topological polar surface area (TPSA) is 52.5 Å². The summed E-state index contributed by atoms with van der Waals surface area (Å²) in [4.78, 5) is 0. The molecule has 0 heterocycles. The minimum absolute atomic E-state index is 0.00231. The highest BCUT2D eigenvalue weighted by atomic mass is 16.3. The molecule has 0 saturated carbocycles. The third-order valence-electron chi connectivity index (χ3n) is 1.20. The molecule has 0 atom stereocenters. The zero-order valence-electron chi connectivity index (χ0n) is 5.55. The molecule has 0 aromatic heterocycles. The molecule has 1 aromatic rings. The minimum atomic E-state index is 0.00231. The maximum atomic E-state index is 9.04. The second-order valence-electron chi connectivity index (χ2n) is 1.85. The molecule has 10 heavy (non-hydrogen) atoms. The van der Waals surface area contributed by atoms with Crippen LogP contribution in [0.3, 0.4) is 0 Å². The van der Waals surface area contributed by atoms with Crippen LogP contribution in [-0.2, 0) is 0 Å². The molecule has 0 aliphatic rings. The number of hydrogen-bond donors (Lipinski definition) is 3. The van der Waals surface area contributed by atoms with Crippen LogP contribution in [0.2, 0.25) is 0 Å². The van der Waals surface area contributed by atoms with Crippen LogP contribution >= 0.6 is 0 Å². The van der Waals surface area contributed by atoms with Crippen LogP contribution in [0.15, 0.2) is 12.1 Å². The third kappa shape index (κ3) is 0.978. The first-order valence-electron chi connectivity index (χ1n) is 2.85. The number of benzene rings is 1. The summed E-state index contributed by atoms with van der Waals surface area (Å²) in [5, 5.41) is 20.7. The SMILES string of the molecule is CNc1c(O)c[c]cc1O. The van der Waals surface area contributed by atoms with Crippen LogP contribution in [0.25, 0.3) is 0 Å². The van der Waals surface area contributed by atoms with Crippen molar-refractivity contribution in [2.45, 2.75) is 0 Å². The van der Waals surface area contributed by atoms with Crippen molar-refractivity contribution < 1.29 is 10.2 Å². The quantitative estimate of drug-likeness (QED) is 0.506. The lowest BCUT2D eigenvalue weighted by atomic mass is 10.3. The van der Waals surface area contributed by atoms with Gasteiger partial charge < -0.3 is 15.5 Å². The Hall–Kier alpha value is -1.38. The van der Waals surface area contributed by atoms with Gasteiger partial charge in [-0.1, -0.05) is 0 Å². The average Bonchev–Trinajstić information content (AvgIpc) is 1.88. The van der Waals surface area contributed by atoms with Crippen molar-refractivity contribution in [3.8, 4) is 11.5 Å². The summed E-state index contributed by atoms with van der Waals surface area (Å²) in [6.07, 6.45) is 0. The molecule has 1 radical (unpaired) electrons. The molecule has 0 amide bonds. The average molecular weight is 138 g/mol. The van der Waals surface area contributed by atoms with Crippen molar-refractivity contribution in [2.24, 2.45) is 0 Å². The summed E-state index contributed by atoms with van der Waals surface area (Å²) in [5.41, 5.74) is 0.332. The number of anilines is 1. The Morgan fingerprint density at radius 2 is 1.80 bits per heavy atom. The highest BCUT2D eigenvalue weighted by molar-refractivity contribution is 5.64. The number of hydrogen-bond acceptors (Lipinski definition) is 3. The van der Waals surface area contributed by atoms with Crippen LogP contribution < -0.4 is 5.32 Å². The predicted molar refractivity (Wildman–Crippen MR) is 38.2 cm³/mol. The maximum absolute atomic E-state index is 9.04. The van der Waals surface area contributed by atoms with Gasteiger partial charge in [0.05, 0.1) is 0 Å². The molecule has 1 rings (SSSR count). The second-order valence-corrected chi connectivity index (χ2v) is 1.85. The van der Waals surface area contributed by atoms with Crippen molar-refractivity contribution in [1.29, 1.82) is 0 Å². The van der Waals surface area contributed by atoms with E-state index in [1.165, 1.54) is 12.1 Å². The van der Waals surface area contributed by atoms with Crippen molar-refractivity contribution >= 4 is 5.69 Å². The minimum Gasteiger partial charge on any atom is -0.506 e. The molecule has 0 fully saturated rings. The van der Waals surface area contributed by atoms with Gasteiger partial charge in [0.15, 0.2) is 0 Å². The third-order valence-corrected chi connectivity index (χ3v) is 1.20. The first-order chi connectivity index (χ1) is 4.75. The highest BCUT2D eigenvalue weighted by Gasteiger charge is 2.01. The van der Waals surface area contributed by atoms with Gasteiger partial charge in [-0.15, -0.1) is 0 Å². The maximum Gasteiger partial charge on any atom is 0.143 e. The van der Waals surface area contributed by atoms with Gasteiger partial charge in [-0.05, 0) is 18.2 Å². The zero-order valence-corrected chi connectivity index (χ0v) is 5.55. The highest BCUT2D eigenvalue weighted by Crippen LogP contribution is 2.30. The van der Waals surface area contributed by atoms with E-state index in [1.807, 2.05) is 0 Å². The first-order valence-corrected chi connectivity index (χ1v) is 2.85. The predicted octanol–water partition coefficient (Wildman–Crippen LogP) is 0.940. The monoisotopic (exact) mass is 138 g/mol. The molecule has 0 saturated heterocycles. The zero-order chi connectivity index (χ0) is 7.56. The van der Waals surface area contributed by atoms with Crippen molar-refractivity contribution in [2.75, 3.05) is 12.4 Å². The lowest BCUT2D eigenvalue weighted by molar-refractivity contribution is 0.454. The molecule has 1 aromatic carbocycles. The summed E-state index contributed by atoms with van der Waals surface area (Å²) in [6.45, 7) is 0. The molecule has 0 aliphatic carbocycles. The lowest BCUT2D eigenvalue weighted by Gasteiger charge is -2.03. The Morgan fingerprint density at radius 3 is 2.10 bits per heavy atom. The van der Waals surface area contributed by atoms with Crippen LogP contribution in [-0.4, -0.2) is 17.3 Å². The summed E-state index contributed by atoms with van der Waals surface area (Å²) >= 11 is 0. The van der Waals surface area contributed by atoms with Crippen molar-refractivity contribution in [1.82, 2.24) is 0 Å². The van der Waals surface area contributed by atoms with E-state index in [9.17, 15) is 0 Å². The molecule has 3 heteroatoms. The van der Waals surface area contributed by atoms with E-state index in [4.69, 9.17) is 10.2 Å². The Balaban J connectivity index is 3.17. The molecule has 53 valence electrons. The Bertz CT molecular complexity index is 215. The van der Waals surface area contributed by atoms with Crippen LogP contribution in [0.1, 0.15) is 0 Å². The van der Waals surface area contributed by atoms with Gasteiger partial charge in [0.1, 0.15) is 17.2 Å². The fraction of sp³-hybridized carbons (Fsp3) is 0.143. The van der Waals surface area contributed by atoms with Crippen LogP contribution in [0.4, 0.5) is 5.69 Å². The summed E-state index contributed by atoms with van der Waals surface area (Å²) in [6, 6.07) is 5.32. The molecule has 0 unspecified atom stereocenters. The van der Waals surface area contributed by atoms with Crippen LogP contribution in [0.5, 0.6) is 11.5 Å². The van der Waals surface area contributed by atoms with Crippen LogP contribution in [0, 0.1) is 6.07 Å². The second kappa shape index (κ2) is 2.47. The normalized spacial score (nSPS) is 9.30. The number of phenolic OH excluding ortho intramolecular Hbond substituents is 2. The number of nitrogens with one attached hydrogen (secondary N) is 1. The molecule has 0 aliphatic heterocycles. The number of aromatic hydroxyl groups is 2. The largest absolute Gasteiger partial charge is 0.506 e. The van der Waals surface area contributed by atoms with Gasteiger partial charge in [-0.2, -0.15) is 0 Å². The lowest BCUT2D eigenvalue weighted by Crippen LogP contribution is -1.88. The van der Waals surface area contributed by atoms with E-state index >= 15 is 0 Å². The smallest absolute Gasteiger partial charge is 0.143 e. The van der Waals surface area contributed by atoms with Gasteiger partial charge >= 0.3 is 0 Å². The van der Waals surface area contributed by atoms with Gasteiger partial charge in [0.2, 0.25) is 0 Å². The van der Waals surface area contributed by atoms with Crippen molar-refractivity contribution in [3.63, 3.8) is 0 Å². The molecule has 0 bridgehead atoms. The summed E-state index contributed by atoms with van der Waals surface area (Å²) in [7, 11) is 1.62. The fourth-order valence-corrected chi connectivity index (χ4v) is 0.731. The van der Waals surface area contributed by atoms with E-state index in [2.05, 4.69) is 11.4 Å². The van der Waals surface area contributed by atoms with Gasteiger partial charge in [0, 0.05) is 7.05 Å². The fourth-order valence-electron chi connectivity index (χ4n) is 0.731. The molecular weight excluding hydrogens is 130 g/mol. The van der Waals surface area contributed by atoms with E-state index in [0.717, 1.165) is 0 Å². The molecule has 3 N–H and O–H groups in total. The van der Waals surface area contributed by atoms with E-state index in [-0.39, 0.29) is 11.5 Å². The first kappa shape index (κ1) is 6.74. The molecule has 0 spiro atoms. The van der Waals surface area contributed by atoms with Gasteiger partial charge in [-0.25, -0.2) is 0 Å². The van der Waals surface area contributed by atoms with E-state index in [1.54, 1.807) is 7.05 Å². The number of phenols is 2. The molecular formula is C7H8NO2. The number of rotatable bonds is 1. The van der Waals surface area contributed by atoms with Gasteiger partial charge in [-0.3, -0.25) is 0 Å². The Labute approximate surface area is 58.9 Å². The van der Waals surface area contributed by atoms with Crippen molar-refractivity contribution in [3.05, 3.63) is 18.2 Å². The van der Waals surface area contributed by atoms with E-state index < -0.39 is 0 Å². The van der Waals surface area contributed by atoms with E-state index in [0.29, 0.717) is 5.69 Å². The van der Waals surface area contributed by atoms with Gasteiger partial charge in [0.25, 0.3) is 0 Å². The Kier molecular flexibility index (Phi) is 1.67.